The summed E-state index contributed by atoms with van der Waals surface area (Å²) >= 11 is 0. The molecule has 1 saturated heterocycles. The maximum Gasteiger partial charge on any atom is 0.410 e. The molecule has 1 aliphatic rings. The van der Waals surface area contributed by atoms with E-state index in [1.54, 1.807) is 42.5 Å². The van der Waals surface area contributed by atoms with Gasteiger partial charge in [-0.15, -0.1) is 0 Å². The molecule has 0 saturated carbocycles. The Labute approximate surface area is 242 Å². The first-order chi connectivity index (χ1) is 20.0. The van der Waals surface area contributed by atoms with Gasteiger partial charge in [-0.05, 0) is 32.4 Å². The van der Waals surface area contributed by atoms with Crippen LogP contribution in [0.15, 0.2) is 66.1 Å². The number of benzene rings is 1. The van der Waals surface area contributed by atoms with E-state index in [1.807, 2.05) is 44.4 Å². The molecule has 0 spiro atoms. The smallest absolute Gasteiger partial charge is 0.410 e. The fourth-order valence-electron chi connectivity index (χ4n) is 4.71. The Bertz CT molecular complexity index is 1610. The predicted molar refractivity (Wildman–Crippen MR) is 153 cm³/mol. The average molecular weight is 576 g/mol. The van der Waals surface area contributed by atoms with Crippen molar-refractivity contribution in [3.8, 4) is 22.8 Å². The van der Waals surface area contributed by atoms with Crippen molar-refractivity contribution in [1.82, 2.24) is 34.4 Å². The van der Waals surface area contributed by atoms with Crippen molar-refractivity contribution in [3.63, 3.8) is 0 Å². The lowest BCUT2D eigenvalue weighted by molar-refractivity contribution is -0.0106. The van der Waals surface area contributed by atoms with Gasteiger partial charge < -0.3 is 14.4 Å². The van der Waals surface area contributed by atoms with Crippen LogP contribution in [-0.2, 0) is 11.8 Å². The Morgan fingerprint density at radius 3 is 2.57 bits per heavy atom. The topological polar surface area (TPSA) is 117 Å². The molecule has 1 amide bonds. The van der Waals surface area contributed by atoms with Gasteiger partial charge in [0.2, 0.25) is 5.43 Å². The van der Waals surface area contributed by atoms with Crippen molar-refractivity contribution in [1.29, 1.82) is 0 Å². The number of ether oxygens (including phenoxy) is 2. The minimum absolute atomic E-state index is 0.104. The van der Waals surface area contributed by atoms with Crippen molar-refractivity contribution in [2.75, 3.05) is 13.1 Å². The normalized spacial score (nSPS) is 18.0. The molecule has 5 rings (SSSR count). The van der Waals surface area contributed by atoms with Crippen LogP contribution in [-0.4, -0.2) is 71.5 Å². The third-order valence-corrected chi connectivity index (χ3v) is 6.89. The van der Waals surface area contributed by atoms with Gasteiger partial charge in [-0.3, -0.25) is 9.48 Å². The van der Waals surface area contributed by atoms with E-state index in [0.29, 0.717) is 30.2 Å². The van der Waals surface area contributed by atoms with Gasteiger partial charge >= 0.3 is 6.09 Å². The highest BCUT2D eigenvalue weighted by Gasteiger charge is 2.35. The number of hydrogen-bond acceptors (Lipinski definition) is 8. The number of alkyl halides is 1. The summed E-state index contributed by atoms with van der Waals surface area (Å²) in [4.78, 5) is 35.2. The number of carbonyl (C=O) groups is 1. The number of aromatic nitrogens is 6. The number of rotatable bonds is 6. The summed E-state index contributed by atoms with van der Waals surface area (Å²) in [6, 6.07) is 9.11. The molecule has 4 heterocycles. The van der Waals surface area contributed by atoms with Crippen molar-refractivity contribution < 1.29 is 18.7 Å². The molecule has 3 aromatic heterocycles. The Morgan fingerprint density at radius 1 is 1.14 bits per heavy atom. The molecule has 1 fully saturated rings. The number of hydrogen-bond donors (Lipinski definition) is 0. The second-order valence-corrected chi connectivity index (χ2v) is 11.4. The van der Waals surface area contributed by atoms with E-state index in [-0.39, 0.29) is 17.9 Å². The molecule has 42 heavy (non-hydrogen) atoms. The van der Waals surface area contributed by atoms with Crippen LogP contribution in [0.2, 0.25) is 0 Å². The van der Waals surface area contributed by atoms with Gasteiger partial charge in [0.25, 0.3) is 0 Å². The van der Waals surface area contributed by atoms with Gasteiger partial charge in [-0.2, -0.15) is 10.2 Å². The maximum atomic E-state index is 14.9. The molecule has 1 aromatic carbocycles. The highest BCUT2D eigenvalue weighted by molar-refractivity contribution is 5.68. The number of halogens is 1. The zero-order chi connectivity index (χ0) is 30.0. The number of carbonyl (C=O) groups excluding carboxylic acids is 1. The Kier molecular flexibility index (Phi) is 8.06. The quantitative estimate of drug-likeness (QED) is 0.334. The summed E-state index contributed by atoms with van der Waals surface area (Å²) in [7, 11) is 1.82. The molecule has 0 radical (unpaired) electrons. The maximum absolute atomic E-state index is 14.9. The number of amides is 1. The van der Waals surface area contributed by atoms with Crippen LogP contribution in [0.4, 0.5) is 9.18 Å². The van der Waals surface area contributed by atoms with E-state index in [9.17, 15) is 14.0 Å². The molecule has 12 heteroatoms. The number of likely N-dealkylation sites (tertiary alicyclic amines) is 1. The zero-order valence-electron chi connectivity index (χ0n) is 24.3. The van der Waals surface area contributed by atoms with Crippen LogP contribution < -0.4 is 10.2 Å². The van der Waals surface area contributed by atoms with Crippen molar-refractivity contribution in [2.24, 2.45) is 7.05 Å². The standard InChI is InChI=1S/C30H34FN7O4/c1-19(27-25(39)9-12-38(35-27)22-14-34-36(5)17-22)20-7-6-8-21(13-20)28-32-15-23(16-33-28)41-26-10-11-37(18-24(26)31)29(40)42-30(2,3)4/h6-9,12-17,19,24,26H,10-11,18H2,1-5H3/t19?,24-,26+/m0/s1. The highest BCUT2D eigenvalue weighted by atomic mass is 19.1. The SMILES string of the molecule is CC(c1cccc(-c2ncc(O[C@@H]3CCN(C(=O)OC(C)(C)C)C[C@@H]3F)cn2)c1)c1nn(-c2cnn(C)c2)ccc1=O. The van der Waals surface area contributed by atoms with E-state index < -0.39 is 24.0 Å². The molecule has 3 atom stereocenters. The third kappa shape index (κ3) is 6.64. The minimum atomic E-state index is -1.38. The Morgan fingerprint density at radius 2 is 1.90 bits per heavy atom. The summed E-state index contributed by atoms with van der Waals surface area (Å²) in [5, 5.41) is 8.75. The average Bonchev–Trinajstić information content (AvgIpc) is 3.39. The van der Waals surface area contributed by atoms with Gasteiger partial charge in [0, 0.05) is 43.8 Å². The van der Waals surface area contributed by atoms with Crippen LogP contribution in [0.5, 0.6) is 5.75 Å². The molecular weight excluding hydrogens is 541 g/mol. The van der Waals surface area contributed by atoms with Crippen LogP contribution in [0.1, 0.15) is 51.3 Å². The van der Waals surface area contributed by atoms with Crippen molar-refractivity contribution >= 4 is 6.09 Å². The first-order valence-corrected chi connectivity index (χ1v) is 13.8. The zero-order valence-corrected chi connectivity index (χ0v) is 24.3. The second kappa shape index (κ2) is 11.7. The molecule has 220 valence electrons. The summed E-state index contributed by atoms with van der Waals surface area (Å²) in [5.41, 5.74) is 1.98. The summed E-state index contributed by atoms with van der Waals surface area (Å²) in [6.07, 6.45) is 5.82. The molecule has 1 aliphatic heterocycles. The molecule has 0 N–H and O–H groups in total. The lowest BCUT2D eigenvalue weighted by Crippen LogP contribution is -2.50. The van der Waals surface area contributed by atoms with E-state index in [4.69, 9.17) is 9.47 Å². The van der Waals surface area contributed by atoms with Crippen molar-refractivity contribution in [3.05, 3.63) is 82.8 Å². The van der Waals surface area contributed by atoms with Gasteiger partial charge in [0.15, 0.2) is 17.7 Å². The lowest BCUT2D eigenvalue weighted by atomic mass is 9.95. The van der Waals surface area contributed by atoms with Crippen LogP contribution in [0.25, 0.3) is 17.1 Å². The fourth-order valence-corrected chi connectivity index (χ4v) is 4.71. The van der Waals surface area contributed by atoms with Crippen LogP contribution >= 0.6 is 0 Å². The largest absolute Gasteiger partial charge is 0.484 e. The van der Waals surface area contributed by atoms with Gasteiger partial charge in [0.1, 0.15) is 23.1 Å². The summed E-state index contributed by atoms with van der Waals surface area (Å²) in [6.45, 7) is 7.47. The molecule has 0 bridgehead atoms. The van der Waals surface area contributed by atoms with Gasteiger partial charge in [-0.1, -0.05) is 25.1 Å². The van der Waals surface area contributed by atoms with Crippen molar-refractivity contribution in [2.45, 2.75) is 57.9 Å². The van der Waals surface area contributed by atoms with Crippen LogP contribution in [0.3, 0.4) is 0 Å². The molecule has 11 nitrogen and oxygen atoms in total. The number of piperidine rings is 1. The fraction of sp³-hybridized carbons (Fsp3) is 0.400. The Balaban J connectivity index is 1.26. The third-order valence-electron chi connectivity index (χ3n) is 6.89. The highest BCUT2D eigenvalue weighted by Crippen LogP contribution is 2.27. The number of nitrogens with zero attached hydrogens (tertiary/aromatic N) is 7. The summed E-state index contributed by atoms with van der Waals surface area (Å²) < 4.78 is 29.4. The van der Waals surface area contributed by atoms with E-state index in [0.717, 1.165) is 16.8 Å². The Hall–Kier alpha value is -4.61. The van der Waals surface area contributed by atoms with Gasteiger partial charge in [-0.25, -0.2) is 23.8 Å². The minimum Gasteiger partial charge on any atom is -0.484 e. The van der Waals surface area contributed by atoms with Gasteiger partial charge in [0.05, 0.1) is 31.3 Å². The van der Waals surface area contributed by atoms with Crippen LogP contribution in [0, 0.1) is 0 Å². The van der Waals surface area contributed by atoms with E-state index in [2.05, 4.69) is 20.2 Å². The molecule has 4 aromatic rings. The second-order valence-electron chi connectivity index (χ2n) is 11.4. The molecule has 1 unspecified atom stereocenters. The van der Waals surface area contributed by atoms with E-state index in [1.165, 1.54) is 23.4 Å². The first-order valence-electron chi connectivity index (χ1n) is 13.8. The lowest BCUT2D eigenvalue weighted by Gasteiger charge is -2.35. The first kappa shape index (κ1) is 28.9. The van der Waals surface area contributed by atoms with E-state index >= 15 is 0 Å². The molecular formula is C30H34FN7O4. The molecule has 0 aliphatic carbocycles. The monoisotopic (exact) mass is 575 g/mol. The number of aryl methyl sites for hydroxylation is 1. The predicted octanol–water partition coefficient (Wildman–Crippen LogP) is 4.30. The summed E-state index contributed by atoms with van der Waals surface area (Å²) in [5.74, 6) is 0.505.